The van der Waals surface area contributed by atoms with Crippen LogP contribution in [-0.4, -0.2) is 23.2 Å². The predicted octanol–water partition coefficient (Wildman–Crippen LogP) is -0.432. The number of amides is 1. The maximum atomic E-state index is 11.1. The third-order valence-corrected chi connectivity index (χ3v) is 1.49. The molecular formula is C8H8N2O3. The SMILES string of the molecule is CC(=O)NC1=CC(=O)CC(=N)C1=O. The minimum Gasteiger partial charge on any atom is -0.323 e. The molecular weight excluding hydrogens is 172 g/mol. The quantitative estimate of drug-likeness (QED) is 0.573. The van der Waals surface area contributed by atoms with E-state index in [2.05, 4.69) is 5.32 Å². The lowest BCUT2D eigenvalue weighted by Gasteiger charge is -2.11. The Hall–Kier alpha value is -1.78. The highest BCUT2D eigenvalue weighted by atomic mass is 16.2. The zero-order valence-corrected chi connectivity index (χ0v) is 7.01. The van der Waals surface area contributed by atoms with Gasteiger partial charge < -0.3 is 10.7 Å². The van der Waals surface area contributed by atoms with Gasteiger partial charge in [0.1, 0.15) is 0 Å². The van der Waals surface area contributed by atoms with E-state index in [1.165, 1.54) is 6.92 Å². The van der Waals surface area contributed by atoms with Crippen LogP contribution in [0.3, 0.4) is 0 Å². The smallest absolute Gasteiger partial charge is 0.223 e. The van der Waals surface area contributed by atoms with E-state index < -0.39 is 11.7 Å². The van der Waals surface area contributed by atoms with Crippen molar-refractivity contribution in [1.82, 2.24) is 5.32 Å². The minimum absolute atomic E-state index is 0.103. The summed E-state index contributed by atoms with van der Waals surface area (Å²) in [5.74, 6) is -1.36. The first-order chi connectivity index (χ1) is 6.00. The van der Waals surface area contributed by atoms with Crippen molar-refractivity contribution in [3.8, 4) is 0 Å². The van der Waals surface area contributed by atoms with Crippen LogP contribution in [0.5, 0.6) is 0 Å². The molecule has 1 rings (SSSR count). The van der Waals surface area contributed by atoms with Gasteiger partial charge in [0.25, 0.3) is 0 Å². The molecule has 0 aliphatic heterocycles. The second kappa shape index (κ2) is 3.30. The second-order valence-corrected chi connectivity index (χ2v) is 2.69. The molecule has 2 N–H and O–H groups in total. The fraction of sp³-hybridized carbons (Fsp3) is 0.250. The van der Waals surface area contributed by atoms with E-state index in [4.69, 9.17) is 5.41 Å². The molecule has 0 heterocycles. The lowest BCUT2D eigenvalue weighted by molar-refractivity contribution is -0.120. The molecule has 68 valence electrons. The van der Waals surface area contributed by atoms with Crippen molar-refractivity contribution in [2.75, 3.05) is 0 Å². The van der Waals surface area contributed by atoms with Crippen LogP contribution < -0.4 is 5.32 Å². The predicted molar refractivity (Wildman–Crippen MR) is 44.3 cm³/mol. The summed E-state index contributed by atoms with van der Waals surface area (Å²) < 4.78 is 0. The Morgan fingerprint density at radius 1 is 1.54 bits per heavy atom. The van der Waals surface area contributed by atoms with Crippen LogP contribution >= 0.6 is 0 Å². The molecule has 0 aromatic heterocycles. The lowest BCUT2D eigenvalue weighted by Crippen LogP contribution is -2.33. The highest BCUT2D eigenvalue weighted by Crippen LogP contribution is 2.05. The van der Waals surface area contributed by atoms with Gasteiger partial charge in [-0.2, -0.15) is 0 Å². The molecule has 0 saturated carbocycles. The van der Waals surface area contributed by atoms with Crippen LogP contribution in [0.25, 0.3) is 0 Å². The van der Waals surface area contributed by atoms with E-state index in [0.717, 1.165) is 6.08 Å². The lowest BCUT2D eigenvalue weighted by atomic mass is 10.00. The summed E-state index contributed by atoms with van der Waals surface area (Å²) in [6, 6.07) is 0. The van der Waals surface area contributed by atoms with Crippen molar-refractivity contribution in [1.29, 1.82) is 5.41 Å². The van der Waals surface area contributed by atoms with E-state index in [9.17, 15) is 14.4 Å². The van der Waals surface area contributed by atoms with Gasteiger partial charge in [0.2, 0.25) is 11.7 Å². The number of carbonyl (C=O) groups is 3. The third kappa shape index (κ3) is 2.08. The first-order valence-electron chi connectivity index (χ1n) is 3.65. The summed E-state index contributed by atoms with van der Waals surface area (Å²) in [5.41, 5.74) is -0.384. The molecule has 0 aromatic carbocycles. The molecule has 0 fully saturated rings. The van der Waals surface area contributed by atoms with Gasteiger partial charge in [-0.05, 0) is 0 Å². The van der Waals surface area contributed by atoms with Gasteiger partial charge >= 0.3 is 0 Å². The fourth-order valence-corrected chi connectivity index (χ4v) is 0.977. The Morgan fingerprint density at radius 3 is 2.69 bits per heavy atom. The van der Waals surface area contributed by atoms with Gasteiger partial charge in [-0.3, -0.25) is 14.4 Å². The Kier molecular flexibility index (Phi) is 2.36. The van der Waals surface area contributed by atoms with Crippen LogP contribution in [0.2, 0.25) is 0 Å². The maximum absolute atomic E-state index is 11.1. The highest BCUT2D eigenvalue weighted by Gasteiger charge is 2.24. The summed E-state index contributed by atoms with van der Waals surface area (Å²) in [5, 5.41) is 9.34. The molecule has 0 atom stereocenters. The molecule has 0 aromatic rings. The summed E-state index contributed by atoms with van der Waals surface area (Å²) in [6.07, 6.45) is 0.879. The molecule has 0 unspecified atom stereocenters. The number of carbonyl (C=O) groups excluding carboxylic acids is 3. The van der Waals surface area contributed by atoms with Crippen molar-refractivity contribution in [3.63, 3.8) is 0 Å². The Bertz CT molecular complexity index is 341. The van der Waals surface area contributed by atoms with Crippen molar-refractivity contribution in [2.45, 2.75) is 13.3 Å². The second-order valence-electron chi connectivity index (χ2n) is 2.69. The topological polar surface area (TPSA) is 87.1 Å². The van der Waals surface area contributed by atoms with E-state index in [-0.39, 0.29) is 23.6 Å². The Balaban J connectivity index is 2.93. The van der Waals surface area contributed by atoms with Crippen LogP contribution in [0, 0.1) is 5.41 Å². The molecule has 13 heavy (non-hydrogen) atoms. The van der Waals surface area contributed by atoms with Gasteiger partial charge in [-0.25, -0.2) is 0 Å². The van der Waals surface area contributed by atoms with E-state index in [1.54, 1.807) is 0 Å². The van der Waals surface area contributed by atoms with Crippen molar-refractivity contribution < 1.29 is 14.4 Å². The van der Waals surface area contributed by atoms with Gasteiger partial charge in [0.05, 0.1) is 17.8 Å². The fourth-order valence-electron chi connectivity index (χ4n) is 0.977. The van der Waals surface area contributed by atoms with E-state index >= 15 is 0 Å². The van der Waals surface area contributed by atoms with E-state index in [1.807, 2.05) is 0 Å². The molecule has 5 heteroatoms. The first-order valence-corrected chi connectivity index (χ1v) is 3.65. The zero-order valence-electron chi connectivity index (χ0n) is 7.01. The van der Waals surface area contributed by atoms with Gasteiger partial charge in [0.15, 0.2) is 5.78 Å². The number of allylic oxidation sites excluding steroid dienone is 2. The third-order valence-electron chi connectivity index (χ3n) is 1.49. The number of hydrogen-bond donors (Lipinski definition) is 2. The maximum Gasteiger partial charge on any atom is 0.223 e. The normalized spacial score (nSPS) is 17.0. The molecule has 0 bridgehead atoms. The van der Waals surface area contributed by atoms with Crippen LogP contribution in [0.4, 0.5) is 0 Å². The molecule has 1 aliphatic rings. The number of rotatable bonds is 1. The van der Waals surface area contributed by atoms with E-state index in [0.29, 0.717) is 0 Å². The van der Waals surface area contributed by atoms with Crippen molar-refractivity contribution >= 4 is 23.2 Å². The molecule has 5 nitrogen and oxygen atoms in total. The molecule has 1 aliphatic carbocycles. The van der Waals surface area contributed by atoms with Crippen LogP contribution in [-0.2, 0) is 14.4 Å². The van der Waals surface area contributed by atoms with Crippen molar-refractivity contribution in [2.24, 2.45) is 0 Å². The minimum atomic E-state index is -0.588. The van der Waals surface area contributed by atoms with Gasteiger partial charge in [-0.15, -0.1) is 0 Å². The molecule has 0 radical (unpaired) electrons. The number of Topliss-reactive ketones (excluding diaryl/α,β-unsaturated/α-hetero) is 1. The summed E-state index contributed by atoms with van der Waals surface area (Å²) >= 11 is 0. The van der Waals surface area contributed by atoms with Crippen LogP contribution in [0.15, 0.2) is 11.8 Å². The van der Waals surface area contributed by atoms with Gasteiger partial charge in [0, 0.05) is 13.0 Å². The average molecular weight is 180 g/mol. The first kappa shape index (κ1) is 9.31. The zero-order chi connectivity index (χ0) is 10.0. The van der Waals surface area contributed by atoms with Gasteiger partial charge in [-0.1, -0.05) is 0 Å². The molecule has 0 spiro atoms. The van der Waals surface area contributed by atoms with Crippen LogP contribution in [0.1, 0.15) is 13.3 Å². The largest absolute Gasteiger partial charge is 0.323 e. The Morgan fingerprint density at radius 2 is 2.15 bits per heavy atom. The summed E-state index contributed by atoms with van der Waals surface area (Å²) in [4.78, 5) is 32.6. The summed E-state index contributed by atoms with van der Waals surface area (Å²) in [7, 11) is 0. The Labute approximate surface area is 74.3 Å². The highest BCUT2D eigenvalue weighted by molar-refractivity contribution is 6.50. The number of hydrogen-bond acceptors (Lipinski definition) is 4. The molecule has 0 saturated heterocycles. The standard InChI is InChI=1S/C8H8N2O3/c1-4(11)10-7-3-5(12)2-6(9)8(7)13/h3,9H,2H2,1H3,(H,10,11). The van der Waals surface area contributed by atoms with Crippen molar-refractivity contribution in [3.05, 3.63) is 11.8 Å². The average Bonchev–Trinajstić information content (AvgIpc) is 1.98. The monoisotopic (exact) mass is 180 g/mol. The molecule has 1 amide bonds. The number of ketones is 2. The number of nitrogens with one attached hydrogen (secondary N) is 2. The summed E-state index contributed by atoms with van der Waals surface area (Å²) in [6.45, 7) is 1.23.